The summed E-state index contributed by atoms with van der Waals surface area (Å²) in [5.74, 6) is -1.30. The van der Waals surface area contributed by atoms with E-state index < -0.39 is 11.9 Å². The van der Waals surface area contributed by atoms with Crippen LogP contribution in [-0.2, 0) is 9.59 Å². The van der Waals surface area contributed by atoms with E-state index in [2.05, 4.69) is 6.92 Å². The van der Waals surface area contributed by atoms with E-state index in [1.807, 2.05) is 0 Å². The molecule has 0 spiro atoms. The lowest BCUT2D eigenvalue weighted by Crippen LogP contribution is -2.13. The van der Waals surface area contributed by atoms with Gasteiger partial charge in [-0.05, 0) is 6.42 Å². The highest BCUT2D eigenvalue weighted by Gasteiger charge is 2.15. The molecule has 0 aromatic heterocycles. The quantitative estimate of drug-likeness (QED) is 0.371. The Kier molecular flexibility index (Phi) is 13.0. The van der Waals surface area contributed by atoms with Crippen LogP contribution in [0.5, 0.6) is 0 Å². The zero-order valence-electron chi connectivity index (χ0n) is 12.4. The van der Waals surface area contributed by atoms with Gasteiger partial charge in [0.15, 0.2) is 0 Å². The first-order valence-electron chi connectivity index (χ1n) is 7.88. The predicted molar refractivity (Wildman–Crippen MR) is 78.3 cm³/mol. The molecule has 3 heteroatoms. The van der Waals surface area contributed by atoms with E-state index >= 15 is 0 Å². The number of hydrogen-bond acceptors (Lipinski definition) is 2. The third kappa shape index (κ3) is 11.9. The van der Waals surface area contributed by atoms with Crippen molar-refractivity contribution in [2.24, 2.45) is 5.92 Å². The van der Waals surface area contributed by atoms with Crippen LogP contribution in [0.2, 0.25) is 0 Å². The molecular weight excluding hydrogens is 240 g/mol. The molecular formula is C16H30O3. The Labute approximate surface area is 117 Å². The molecule has 112 valence electrons. The zero-order chi connectivity index (χ0) is 14.3. The number of carbonyl (C=O) groups excluding carboxylic acids is 1. The Hall–Kier alpha value is -0.860. The second-order valence-electron chi connectivity index (χ2n) is 5.41. The van der Waals surface area contributed by atoms with Crippen molar-refractivity contribution in [3.05, 3.63) is 0 Å². The molecule has 0 aromatic carbocycles. The van der Waals surface area contributed by atoms with Crippen molar-refractivity contribution in [3.8, 4) is 0 Å². The van der Waals surface area contributed by atoms with Crippen molar-refractivity contribution in [1.29, 1.82) is 0 Å². The standard InChI is InChI=1S/C16H30O3/c1-2-3-4-5-6-7-8-9-10-11-12-15(13-14-17)16(18)19/h14-15H,2-13H2,1H3,(H,18,19). The van der Waals surface area contributed by atoms with Crippen molar-refractivity contribution in [2.75, 3.05) is 0 Å². The summed E-state index contributed by atoms with van der Waals surface area (Å²) < 4.78 is 0. The summed E-state index contributed by atoms with van der Waals surface area (Å²) in [6.45, 7) is 2.23. The molecule has 0 aliphatic heterocycles. The molecule has 0 fully saturated rings. The van der Waals surface area contributed by atoms with Crippen molar-refractivity contribution in [1.82, 2.24) is 0 Å². The van der Waals surface area contributed by atoms with Gasteiger partial charge in [-0.15, -0.1) is 0 Å². The molecule has 0 amide bonds. The number of hydrogen-bond donors (Lipinski definition) is 1. The molecule has 0 aliphatic carbocycles. The minimum atomic E-state index is -0.831. The van der Waals surface area contributed by atoms with Gasteiger partial charge in [-0.25, -0.2) is 0 Å². The summed E-state index contributed by atoms with van der Waals surface area (Å²) in [4.78, 5) is 21.2. The third-order valence-corrected chi connectivity index (χ3v) is 3.64. The van der Waals surface area contributed by atoms with E-state index in [9.17, 15) is 9.59 Å². The molecule has 1 unspecified atom stereocenters. The highest BCUT2D eigenvalue weighted by molar-refractivity contribution is 5.73. The molecule has 0 saturated carbocycles. The van der Waals surface area contributed by atoms with Gasteiger partial charge in [0.25, 0.3) is 0 Å². The van der Waals surface area contributed by atoms with E-state index in [0.717, 1.165) is 19.1 Å². The van der Waals surface area contributed by atoms with Crippen LogP contribution in [-0.4, -0.2) is 17.4 Å². The van der Waals surface area contributed by atoms with Gasteiger partial charge in [0, 0.05) is 6.42 Å². The number of aliphatic carboxylic acids is 1. The zero-order valence-corrected chi connectivity index (χ0v) is 12.4. The van der Waals surface area contributed by atoms with Crippen molar-refractivity contribution >= 4 is 12.3 Å². The SMILES string of the molecule is CCCCCCCCCCCCC(CC=O)C(=O)O. The lowest BCUT2D eigenvalue weighted by Gasteiger charge is -2.08. The largest absolute Gasteiger partial charge is 0.481 e. The van der Waals surface area contributed by atoms with Crippen LogP contribution in [0.4, 0.5) is 0 Å². The second-order valence-corrected chi connectivity index (χ2v) is 5.41. The fourth-order valence-electron chi connectivity index (χ4n) is 2.34. The number of unbranched alkanes of at least 4 members (excludes halogenated alkanes) is 9. The summed E-state index contributed by atoms with van der Waals surface area (Å²) in [5, 5.41) is 8.89. The number of rotatable bonds is 14. The van der Waals surface area contributed by atoms with Gasteiger partial charge in [-0.1, -0.05) is 71.1 Å². The van der Waals surface area contributed by atoms with Gasteiger partial charge < -0.3 is 9.90 Å². The molecule has 0 saturated heterocycles. The summed E-state index contributed by atoms with van der Waals surface area (Å²) in [6.07, 6.45) is 14.0. The fourth-order valence-corrected chi connectivity index (χ4v) is 2.34. The van der Waals surface area contributed by atoms with Crippen LogP contribution in [0.3, 0.4) is 0 Å². The molecule has 1 atom stereocenters. The first-order chi connectivity index (χ1) is 9.22. The molecule has 0 rings (SSSR count). The van der Waals surface area contributed by atoms with Crippen LogP contribution in [0, 0.1) is 5.92 Å². The van der Waals surface area contributed by atoms with E-state index in [4.69, 9.17) is 5.11 Å². The maximum atomic E-state index is 10.8. The van der Waals surface area contributed by atoms with Crippen molar-refractivity contribution in [2.45, 2.75) is 84.0 Å². The molecule has 3 nitrogen and oxygen atoms in total. The van der Waals surface area contributed by atoms with Crippen LogP contribution >= 0.6 is 0 Å². The maximum Gasteiger partial charge on any atom is 0.306 e. The second kappa shape index (κ2) is 13.6. The first kappa shape index (κ1) is 18.1. The smallest absolute Gasteiger partial charge is 0.306 e. The summed E-state index contributed by atoms with van der Waals surface area (Å²) in [7, 11) is 0. The van der Waals surface area contributed by atoms with Gasteiger partial charge in [-0.3, -0.25) is 4.79 Å². The normalized spacial score (nSPS) is 12.3. The Bertz CT molecular complexity index is 226. The van der Waals surface area contributed by atoms with Crippen LogP contribution < -0.4 is 0 Å². The van der Waals surface area contributed by atoms with Crippen molar-refractivity contribution in [3.63, 3.8) is 0 Å². The highest BCUT2D eigenvalue weighted by atomic mass is 16.4. The van der Waals surface area contributed by atoms with Crippen LogP contribution in [0.1, 0.15) is 84.0 Å². The molecule has 0 aromatic rings. The Morgan fingerprint density at radius 3 is 1.84 bits per heavy atom. The predicted octanol–water partition coefficient (Wildman–Crippen LogP) is 4.59. The topological polar surface area (TPSA) is 54.4 Å². The highest BCUT2D eigenvalue weighted by Crippen LogP contribution is 2.15. The third-order valence-electron chi connectivity index (χ3n) is 3.64. The van der Waals surface area contributed by atoms with Crippen molar-refractivity contribution < 1.29 is 14.7 Å². The summed E-state index contributed by atoms with van der Waals surface area (Å²) in [6, 6.07) is 0. The number of carbonyl (C=O) groups is 2. The number of aldehydes is 1. The van der Waals surface area contributed by atoms with Crippen LogP contribution in [0.25, 0.3) is 0 Å². The van der Waals surface area contributed by atoms with E-state index in [0.29, 0.717) is 6.42 Å². The van der Waals surface area contributed by atoms with E-state index in [1.54, 1.807) is 0 Å². The first-order valence-corrected chi connectivity index (χ1v) is 7.88. The van der Waals surface area contributed by atoms with Gasteiger partial charge in [-0.2, -0.15) is 0 Å². The summed E-state index contributed by atoms with van der Waals surface area (Å²) >= 11 is 0. The Balaban J connectivity index is 3.29. The van der Waals surface area contributed by atoms with Gasteiger partial charge in [0.05, 0.1) is 5.92 Å². The summed E-state index contributed by atoms with van der Waals surface area (Å²) in [5.41, 5.74) is 0. The monoisotopic (exact) mass is 270 g/mol. The molecule has 0 radical (unpaired) electrons. The lowest BCUT2D eigenvalue weighted by molar-refractivity contribution is -0.143. The van der Waals surface area contributed by atoms with E-state index in [-0.39, 0.29) is 6.42 Å². The Morgan fingerprint density at radius 2 is 1.42 bits per heavy atom. The Morgan fingerprint density at radius 1 is 0.947 bits per heavy atom. The maximum absolute atomic E-state index is 10.8. The number of carboxylic acids is 1. The number of carboxylic acid groups (broad SMARTS) is 1. The molecule has 0 aliphatic rings. The average Bonchev–Trinajstić information content (AvgIpc) is 2.39. The van der Waals surface area contributed by atoms with Gasteiger partial charge >= 0.3 is 5.97 Å². The van der Waals surface area contributed by atoms with E-state index in [1.165, 1.54) is 51.4 Å². The molecule has 0 heterocycles. The molecule has 19 heavy (non-hydrogen) atoms. The average molecular weight is 270 g/mol. The van der Waals surface area contributed by atoms with Gasteiger partial charge in [0.1, 0.15) is 6.29 Å². The van der Waals surface area contributed by atoms with Gasteiger partial charge in [0.2, 0.25) is 0 Å². The van der Waals surface area contributed by atoms with Crippen LogP contribution in [0.15, 0.2) is 0 Å². The lowest BCUT2D eigenvalue weighted by atomic mass is 9.97. The minimum absolute atomic E-state index is 0.159. The fraction of sp³-hybridized carbons (Fsp3) is 0.875. The minimum Gasteiger partial charge on any atom is -0.481 e. The molecule has 1 N–H and O–H groups in total. The molecule has 0 bridgehead atoms.